The summed E-state index contributed by atoms with van der Waals surface area (Å²) in [5.74, 6) is -0.701. The maximum Gasteiger partial charge on any atom is 0.238 e. The maximum absolute atomic E-state index is 13.2. The Morgan fingerprint density at radius 2 is 1.76 bits per heavy atom. The van der Waals surface area contributed by atoms with Gasteiger partial charge >= 0.3 is 0 Å². The van der Waals surface area contributed by atoms with Crippen LogP contribution < -0.4 is 16.2 Å². The summed E-state index contributed by atoms with van der Waals surface area (Å²) in [6, 6.07) is 11.9. The predicted molar refractivity (Wildman–Crippen MR) is 108 cm³/mol. The average molecular weight is 414 g/mol. The van der Waals surface area contributed by atoms with Crippen LogP contribution in [0.5, 0.6) is 0 Å². The van der Waals surface area contributed by atoms with Gasteiger partial charge in [0.05, 0.1) is 11.7 Å². The zero-order chi connectivity index (χ0) is 20.4. The Morgan fingerprint density at radius 3 is 2.45 bits per heavy atom. The van der Waals surface area contributed by atoms with Crippen LogP contribution in [-0.4, -0.2) is 16.9 Å². The Morgan fingerprint density at radius 1 is 1.10 bits per heavy atom. The van der Waals surface area contributed by atoms with Gasteiger partial charge in [-0.1, -0.05) is 12.1 Å². The van der Waals surface area contributed by atoms with Crippen LogP contribution in [0.4, 0.5) is 8.78 Å². The molecule has 2 unspecified atom stereocenters. The van der Waals surface area contributed by atoms with Crippen molar-refractivity contribution in [2.45, 2.75) is 32.0 Å². The first-order valence-electron chi connectivity index (χ1n) is 9.26. The van der Waals surface area contributed by atoms with E-state index in [2.05, 4.69) is 21.2 Å². The summed E-state index contributed by atoms with van der Waals surface area (Å²) < 4.78 is 26.1. The SMILES string of the molecule is Cc1nc(-c2ccc(F)cc2)sc1C1CC(C(=O)NCc2ccc(F)cc2)NN1. The zero-order valence-corrected chi connectivity index (χ0v) is 16.5. The Kier molecular flexibility index (Phi) is 5.66. The third-order valence-corrected chi connectivity index (χ3v) is 6.16. The summed E-state index contributed by atoms with van der Waals surface area (Å²) >= 11 is 1.54. The van der Waals surface area contributed by atoms with Gasteiger partial charge in [0.1, 0.15) is 22.7 Å². The highest BCUT2D eigenvalue weighted by Crippen LogP contribution is 2.34. The summed E-state index contributed by atoms with van der Waals surface area (Å²) in [6.07, 6.45) is 0.584. The van der Waals surface area contributed by atoms with Crippen molar-refractivity contribution in [1.29, 1.82) is 0 Å². The summed E-state index contributed by atoms with van der Waals surface area (Å²) in [6.45, 7) is 2.28. The molecule has 2 heterocycles. The normalized spacial score (nSPS) is 18.7. The quantitative estimate of drug-likeness (QED) is 0.597. The van der Waals surface area contributed by atoms with E-state index in [4.69, 9.17) is 0 Å². The highest BCUT2D eigenvalue weighted by molar-refractivity contribution is 7.15. The molecule has 2 atom stereocenters. The molecule has 2 aromatic carbocycles. The number of hydrogen-bond acceptors (Lipinski definition) is 5. The Labute approximate surface area is 171 Å². The monoisotopic (exact) mass is 414 g/mol. The maximum atomic E-state index is 13.2. The number of aryl methyl sites for hydroxylation is 1. The molecule has 0 radical (unpaired) electrons. The molecule has 0 aliphatic carbocycles. The largest absolute Gasteiger partial charge is 0.351 e. The minimum absolute atomic E-state index is 0.0386. The molecular weight excluding hydrogens is 394 g/mol. The number of amides is 1. The van der Waals surface area contributed by atoms with Crippen LogP contribution in [0.15, 0.2) is 48.5 Å². The zero-order valence-electron chi connectivity index (χ0n) is 15.7. The smallest absolute Gasteiger partial charge is 0.238 e. The molecule has 0 bridgehead atoms. The number of carbonyl (C=O) groups excluding carboxylic acids is 1. The predicted octanol–water partition coefficient (Wildman–Crippen LogP) is 3.62. The lowest BCUT2D eigenvalue weighted by atomic mass is 10.1. The molecule has 0 saturated carbocycles. The minimum atomic E-state index is -0.379. The summed E-state index contributed by atoms with van der Waals surface area (Å²) in [5, 5.41) is 3.69. The second kappa shape index (κ2) is 8.36. The lowest BCUT2D eigenvalue weighted by Crippen LogP contribution is -2.42. The van der Waals surface area contributed by atoms with Crippen molar-refractivity contribution in [3.63, 3.8) is 0 Å². The molecule has 1 aliphatic rings. The molecule has 29 heavy (non-hydrogen) atoms. The van der Waals surface area contributed by atoms with Crippen molar-refractivity contribution in [1.82, 2.24) is 21.2 Å². The van der Waals surface area contributed by atoms with Crippen LogP contribution in [0.2, 0.25) is 0 Å². The van der Waals surface area contributed by atoms with Crippen LogP contribution in [0.1, 0.15) is 28.6 Å². The van der Waals surface area contributed by atoms with E-state index in [-0.39, 0.29) is 29.6 Å². The number of hydrogen-bond donors (Lipinski definition) is 3. The van der Waals surface area contributed by atoms with Crippen LogP contribution in [-0.2, 0) is 11.3 Å². The number of hydrazine groups is 1. The van der Waals surface area contributed by atoms with Gasteiger partial charge in [-0.05, 0) is 55.3 Å². The first-order valence-corrected chi connectivity index (χ1v) is 10.1. The van der Waals surface area contributed by atoms with Gasteiger partial charge in [0.15, 0.2) is 0 Å². The lowest BCUT2D eigenvalue weighted by molar-refractivity contribution is -0.123. The van der Waals surface area contributed by atoms with Crippen molar-refractivity contribution >= 4 is 17.2 Å². The fourth-order valence-corrected chi connectivity index (χ4v) is 4.40. The molecule has 1 aliphatic heterocycles. The van der Waals surface area contributed by atoms with Crippen molar-refractivity contribution in [2.24, 2.45) is 0 Å². The van der Waals surface area contributed by atoms with Crippen LogP contribution in [0.25, 0.3) is 10.6 Å². The van der Waals surface area contributed by atoms with Crippen molar-refractivity contribution in [3.05, 3.63) is 76.3 Å². The van der Waals surface area contributed by atoms with E-state index < -0.39 is 0 Å². The van der Waals surface area contributed by atoms with Gasteiger partial charge in [0.2, 0.25) is 5.91 Å². The third-order valence-electron chi connectivity index (χ3n) is 4.84. The number of rotatable bonds is 5. The van der Waals surface area contributed by atoms with Gasteiger partial charge in [0, 0.05) is 17.0 Å². The van der Waals surface area contributed by atoms with E-state index in [1.165, 1.54) is 35.6 Å². The number of halogens is 2. The standard InChI is InChI=1S/C21H20F2N4OS/c1-12-19(29-21(25-12)14-4-8-16(23)9-5-14)17-10-18(27-26-17)20(28)24-11-13-2-6-15(22)7-3-13/h2-9,17-18,26-27H,10-11H2,1H3,(H,24,28). The average Bonchev–Trinajstić information content (AvgIpc) is 3.35. The first-order chi connectivity index (χ1) is 14.0. The van der Waals surface area contributed by atoms with E-state index in [1.54, 1.807) is 24.3 Å². The number of nitrogens with one attached hydrogen (secondary N) is 3. The molecular formula is C21H20F2N4OS. The summed E-state index contributed by atoms with van der Waals surface area (Å²) in [7, 11) is 0. The molecule has 3 aromatic rings. The number of benzene rings is 2. The van der Waals surface area contributed by atoms with Gasteiger partial charge in [-0.15, -0.1) is 11.3 Å². The highest BCUT2D eigenvalue weighted by Gasteiger charge is 2.32. The molecule has 1 saturated heterocycles. The van der Waals surface area contributed by atoms with Gasteiger partial charge in [-0.25, -0.2) is 24.6 Å². The molecule has 5 nitrogen and oxygen atoms in total. The van der Waals surface area contributed by atoms with E-state index in [1.807, 2.05) is 6.92 Å². The summed E-state index contributed by atoms with van der Waals surface area (Å²) in [4.78, 5) is 18.1. The fraction of sp³-hybridized carbons (Fsp3) is 0.238. The molecule has 4 rings (SSSR count). The van der Waals surface area contributed by atoms with E-state index >= 15 is 0 Å². The number of nitrogens with zero attached hydrogens (tertiary/aromatic N) is 1. The van der Waals surface area contributed by atoms with Gasteiger partial charge in [0.25, 0.3) is 0 Å². The second-order valence-corrected chi connectivity index (χ2v) is 7.98. The van der Waals surface area contributed by atoms with Gasteiger partial charge < -0.3 is 5.32 Å². The molecule has 3 N–H and O–H groups in total. The van der Waals surface area contributed by atoms with Crippen LogP contribution >= 0.6 is 11.3 Å². The molecule has 1 fully saturated rings. The Hall–Kier alpha value is -2.68. The molecule has 0 spiro atoms. The number of carbonyl (C=O) groups is 1. The molecule has 150 valence electrons. The van der Waals surface area contributed by atoms with E-state index in [0.29, 0.717) is 13.0 Å². The first kappa shape index (κ1) is 19.6. The topological polar surface area (TPSA) is 66.0 Å². The molecule has 8 heteroatoms. The molecule has 1 aromatic heterocycles. The molecule has 1 amide bonds. The highest BCUT2D eigenvalue weighted by atomic mass is 32.1. The lowest BCUT2D eigenvalue weighted by Gasteiger charge is -2.10. The van der Waals surface area contributed by atoms with Crippen molar-refractivity contribution in [3.8, 4) is 10.6 Å². The summed E-state index contributed by atoms with van der Waals surface area (Å²) in [5.41, 5.74) is 8.81. The van der Waals surface area contributed by atoms with Crippen molar-refractivity contribution in [2.75, 3.05) is 0 Å². The van der Waals surface area contributed by atoms with Gasteiger partial charge in [-0.2, -0.15) is 0 Å². The van der Waals surface area contributed by atoms with Gasteiger partial charge in [-0.3, -0.25) is 4.79 Å². The Bertz CT molecular complexity index is 1000. The second-order valence-electron chi connectivity index (χ2n) is 6.95. The van der Waals surface area contributed by atoms with E-state index in [9.17, 15) is 13.6 Å². The number of aromatic nitrogens is 1. The van der Waals surface area contributed by atoms with E-state index in [0.717, 1.165) is 26.7 Å². The number of thiazole rings is 1. The van der Waals surface area contributed by atoms with Crippen LogP contribution in [0.3, 0.4) is 0 Å². The Balaban J connectivity index is 1.38. The third kappa shape index (κ3) is 4.50. The minimum Gasteiger partial charge on any atom is -0.351 e. The fourth-order valence-electron chi connectivity index (χ4n) is 3.26. The van der Waals surface area contributed by atoms with Crippen molar-refractivity contribution < 1.29 is 13.6 Å². The van der Waals surface area contributed by atoms with Crippen LogP contribution in [0, 0.1) is 18.6 Å².